The predicted molar refractivity (Wildman–Crippen MR) is 88.8 cm³/mol. The van der Waals surface area contributed by atoms with E-state index in [9.17, 15) is 18.0 Å². The van der Waals surface area contributed by atoms with Crippen LogP contribution in [0.2, 0.25) is 0 Å². The minimum Gasteiger partial charge on any atom is -0.481 e. The molecule has 2 N–H and O–H groups in total. The minimum atomic E-state index is -3.48. The van der Waals surface area contributed by atoms with Crippen LogP contribution >= 0.6 is 11.8 Å². The van der Waals surface area contributed by atoms with Crippen molar-refractivity contribution in [3.63, 3.8) is 0 Å². The molecule has 0 bridgehead atoms. The molecule has 1 rings (SSSR count). The molecule has 1 aromatic carbocycles. The van der Waals surface area contributed by atoms with E-state index in [2.05, 4.69) is 5.32 Å². The first-order valence-electron chi connectivity index (χ1n) is 6.70. The van der Waals surface area contributed by atoms with Gasteiger partial charge in [0.1, 0.15) is 0 Å². The standard InChI is InChI=1S/C14H20N2O5S2/c1-16(23(3,20)21)9-13(17)15-12(8-14(18)19)10-4-6-11(22-2)7-5-10/h4-7,12H,8-9H2,1-3H3,(H,15,17)(H,18,19). The van der Waals surface area contributed by atoms with E-state index in [1.807, 2.05) is 18.4 Å². The summed E-state index contributed by atoms with van der Waals surface area (Å²) >= 11 is 1.55. The van der Waals surface area contributed by atoms with Crippen LogP contribution in [0.15, 0.2) is 29.2 Å². The van der Waals surface area contributed by atoms with Crippen molar-refractivity contribution in [3.8, 4) is 0 Å². The van der Waals surface area contributed by atoms with E-state index in [-0.39, 0.29) is 13.0 Å². The van der Waals surface area contributed by atoms with Crippen molar-refractivity contribution in [1.82, 2.24) is 9.62 Å². The number of carboxylic acid groups (broad SMARTS) is 1. The lowest BCUT2D eigenvalue weighted by molar-refractivity contribution is -0.137. The predicted octanol–water partition coefficient (Wildman–Crippen LogP) is 0.932. The number of carbonyl (C=O) groups excluding carboxylic acids is 1. The third kappa shape index (κ3) is 6.59. The summed E-state index contributed by atoms with van der Waals surface area (Å²) in [5.74, 6) is -1.61. The van der Waals surface area contributed by atoms with Crippen molar-refractivity contribution in [2.75, 3.05) is 26.1 Å². The minimum absolute atomic E-state index is 0.285. The Kier molecular flexibility index (Phi) is 7.04. The van der Waals surface area contributed by atoms with Crippen molar-refractivity contribution in [2.24, 2.45) is 0 Å². The van der Waals surface area contributed by atoms with Gasteiger partial charge in [-0.1, -0.05) is 12.1 Å². The molecule has 0 saturated heterocycles. The van der Waals surface area contributed by atoms with Crippen molar-refractivity contribution in [3.05, 3.63) is 29.8 Å². The fraction of sp³-hybridized carbons (Fsp3) is 0.429. The molecule has 1 amide bonds. The van der Waals surface area contributed by atoms with Gasteiger partial charge in [0.15, 0.2) is 0 Å². The van der Waals surface area contributed by atoms with Crippen molar-refractivity contribution in [1.29, 1.82) is 0 Å². The van der Waals surface area contributed by atoms with Gasteiger partial charge in [0.25, 0.3) is 0 Å². The highest BCUT2D eigenvalue weighted by molar-refractivity contribution is 7.98. The number of nitrogens with zero attached hydrogens (tertiary/aromatic N) is 1. The number of carbonyl (C=O) groups is 2. The fourth-order valence-electron chi connectivity index (χ4n) is 1.82. The Hall–Kier alpha value is -1.58. The zero-order valence-corrected chi connectivity index (χ0v) is 14.8. The number of aliphatic carboxylic acids is 1. The van der Waals surface area contributed by atoms with Crippen LogP contribution < -0.4 is 5.32 Å². The summed E-state index contributed by atoms with van der Waals surface area (Å²) in [6.45, 7) is -0.363. The van der Waals surface area contributed by atoms with Gasteiger partial charge in [0.2, 0.25) is 15.9 Å². The number of rotatable bonds is 8. The van der Waals surface area contributed by atoms with E-state index in [1.165, 1.54) is 7.05 Å². The summed E-state index contributed by atoms with van der Waals surface area (Å²) < 4.78 is 23.5. The van der Waals surface area contributed by atoms with Crippen LogP contribution in [0, 0.1) is 0 Å². The molecule has 23 heavy (non-hydrogen) atoms. The van der Waals surface area contributed by atoms with Gasteiger partial charge in [0, 0.05) is 11.9 Å². The van der Waals surface area contributed by atoms with Crippen LogP contribution in [0.5, 0.6) is 0 Å². The molecule has 1 unspecified atom stereocenters. The van der Waals surface area contributed by atoms with Crippen molar-refractivity contribution >= 4 is 33.7 Å². The van der Waals surface area contributed by atoms with Gasteiger partial charge in [-0.2, -0.15) is 4.31 Å². The topological polar surface area (TPSA) is 104 Å². The SMILES string of the molecule is CSc1ccc(C(CC(=O)O)NC(=O)CN(C)S(C)(=O)=O)cc1. The third-order valence-electron chi connectivity index (χ3n) is 3.16. The first kappa shape index (κ1) is 19.5. The first-order valence-corrected chi connectivity index (χ1v) is 9.77. The summed E-state index contributed by atoms with van der Waals surface area (Å²) in [6, 6.07) is 6.46. The number of nitrogens with one attached hydrogen (secondary N) is 1. The van der Waals surface area contributed by atoms with Gasteiger partial charge in [-0.05, 0) is 24.0 Å². The monoisotopic (exact) mass is 360 g/mol. The molecule has 0 saturated carbocycles. The van der Waals surface area contributed by atoms with Crippen LogP contribution in [-0.2, 0) is 19.6 Å². The zero-order valence-electron chi connectivity index (χ0n) is 13.1. The summed E-state index contributed by atoms with van der Waals surface area (Å²) in [7, 11) is -2.19. The van der Waals surface area contributed by atoms with Gasteiger partial charge >= 0.3 is 5.97 Å². The highest BCUT2D eigenvalue weighted by Gasteiger charge is 2.21. The lowest BCUT2D eigenvalue weighted by atomic mass is 10.0. The molecule has 1 atom stereocenters. The molecule has 7 nitrogen and oxygen atoms in total. The Bertz CT molecular complexity index is 658. The summed E-state index contributed by atoms with van der Waals surface area (Å²) in [5, 5.41) is 11.6. The van der Waals surface area contributed by atoms with Crippen LogP contribution in [0.4, 0.5) is 0 Å². The molecule has 0 fully saturated rings. The number of hydrogen-bond donors (Lipinski definition) is 2. The quantitative estimate of drug-likeness (QED) is 0.669. The maximum atomic E-state index is 12.0. The Morgan fingerprint density at radius 1 is 1.30 bits per heavy atom. The first-order chi connectivity index (χ1) is 10.6. The second-order valence-corrected chi connectivity index (χ2v) is 7.98. The molecular formula is C14H20N2O5S2. The number of benzene rings is 1. The largest absolute Gasteiger partial charge is 0.481 e. The number of amides is 1. The second-order valence-electron chi connectivity index (χ2n) is 5.01. The molecule has 9 heteroatoms. The van der Waals surface area contributed by atoms with Gasteiger partial charge in [-0.15, -0.1) is 11.8 Å². The fourth-order valence-corrected chi connectivity index (χ4v) is 2.58. The van der Waals surface area contributed by atoms with Crippen LogP contribution in [0.3, 0.4) is 0 Å². The molecule has 0 spiro atoms. The highest BCUT2D eigenvalue weighted by Crippen LogP contribution is 2.21. The molecule has 0 radical (unpaired) electrons. The molecule has 1 aromatic rings. The normalized spacial score (nSPS) is 12.9. The molecule has 128 valence electrons. The Labute approximate surface area is 140 Å². The van der Waals surface area contributed by atoms with E-state index in [4.69, 9.17) is 5.11 Å². The second kappa shape index (κ2) is 8.32. The maximum absolute atomic E-state index is 12.0. The maximum Gasteiger partial charge on any atom is 0.305 e. The smallest absolute Gasteiger partial charge is 0.305 e. The number of thioether (sulfide) groups is 1. The van der Waals surface area contributed by atoms with Crippen LogP contribution in [0.25, 0.3) is 0 Å². The molecule has 0 heterocycles. The van der Waals surface area contributed by atoms with E-state index in [1.54, 1.807) is 23.9 Å². The molecule has 0 aliphatic heterocycles. The Morgan fingerprint density at radius 3 is 2.30 bits per heavy atom. The van der Waals surface area contributed by atoms with Gasteiger partial charge in [0.05, 0.1) is 25.3 Å². The third-order valence-corrected chi connectivity index (χ3v) is 5.17. The molecule has 0 aromatic heterocycles. The van der Waals surface area contributed by atoms with E-state index >= 15 is 0 Å². The van der Waals surface area contributed by atoms with E-state index in [0.29, 0.717) is 5.56 Å². The number of likely N-dealkylation sites (N-methyl/N-ethyl adjacent to an activating group) is 1. The Balaban J connectivity index is 2.85. The van der Waals surface area contributed by atoms with Crippen LogP contribution in [-0.4, -0.2) is 55.8 Å². The molecule has 0 aliphatic carbocycles. The van der Waals surface area contributed by atoms with Crippen molar-refractivity contribution < 1.29 is 23.1 Å². The number of hydrogen-bond acceptors (Lipinski definition) is 5. The summed E-state index contributed by atoms with van der Waals surface area (Å²) in [5.41, 5.74) is 0.653. The summed E-state index contributed by atoms with van der Waals surface area (Å²) in [4.78, 5) is 24.0. The zero-order chi connectivity index (χ0) is 17.6. The number of carboxylic acids is 1. The van der Waals surface area contributed by atoms with E-state index < -0.39 is 27.9 Å². The van der Waals surface area contributed by atoms with Crippen LogP contribution in [0.1, 0.15) is 18.0 Å². The lowest BCUT2D eigenvalue weighted by Crippen LogP contribution is -2.39. The summed E-state index contributed by atoms with van der Waals surface area (Å²) in [6.07, 6.45) is 2.63. The average molecular weight is 360 g/mol. The molecule has 0 aliphatic rings. The average Bonchev–Trinajstić information content (AvgIpc) is 2.45. The van der Waals surface area contributed by atoms with E-state index in [0.717, 1.165) is 15.5 Å². The highest BCUT2D eigenvalue weighted by atomic mass is 32.2. The number of sulfonamides is 1. The van der Waals surface area contributed by atoms with Gasteiger partial charge < -0.3 is 10.4 Å². The molecular weight excluding hydrogens is 340 g/mol. The Morgan fingerprint density at radius 2 is 1.87 bits per heavy atom. The lowest BCUT2D eigenvalue weighted by Gasteiger charge is -2.20. The van der Waals surface area contributed by atoms with Gasteiger partial charge in [-0.25, -0.2) is 8.42 Å². The van der Waals surface area contributed by atoms with Gasteiger partial charge in [-0.3, -0.25) is 9.59 Å². The van der Waals surface area contributed by atoms with Crippen molar-refractivity contribution in [2.45, 2.75) is 17.4 Å².